The highest BCUT2D eigenvalue weighted by molar-refractivity contribution is 5.84. The lowest BCUT2D eigenvalue weighted by Crippen LogP contribution is -2.41. The first kappa shape index (κ1) is 16.6. The molecule has 0 spiro atoms. The lowest BCUT2D eigenvalue weighted by atomic mass is 10.1. The molecule has 1 aromatic carbocycles. The minimum absolute atomic E-state index is 0.0185. The Hall–Kier alpha value is -2.49. The van der Waals surface area contributed by atoms with Gasteiger partial charge in [-0.2, -0.15) is 5.26 Å². The van der Waals surface area contributed by atoms with Crippen LogP contribution in [0.1, 0.15) is 24.8 Å². The van der Waals surface area contributed by atoms with Crippen molar-refractivity contribution in [2.45, 2.75) is 31.7 Å². The minimum Gasteiger partial charge on any atom is -0.480 e. The second-order valence-electron chi connectivity index (χ2n) is 4.42. The Bertz CT molecular complexity index is 570. The number of nitrogens with one attached hydrogen (secondary N) is 1. The van der Waals surface area contributed by atoms with E-state index in [2.05, 4.69) is 5.32 Å². The number of amides is 1. The molecule has 0 aliphatic heterocycles. The smallest absolute Gasteiger partial charge is 0.326 e. The average Bonchev–Trinajstić information content (AvgIpc) is 2.41. The first-order chi connectivity index (χ1) is 9.93. The van der Waals surface area contributed by atoms with Gasteiger partial charge in [0.25, 0.3) is 0 Å². The number of carbonyl (C=O) groups is 2. The van der Waals surface area contributed by atoms with Crippen molar-refractivity contribution in [2.24, 2.45) is 0 Å². The van der Waals surface area contributed by atoms with Gasteiger partial charge in [-0.05, 0) is 24.5 Å². The van der Waals surface area contributed by atoms with Gasteiger partial charge in [-0.25, -0.2) is 13.6 Å². The number of hydrogen-bond donors (Lipinski definition) is 2. The monoisotopic (exact) mass is 296 g/mol. The summed E-state index contributed by atoms with van der Waals surface area (Å²) >= 11 is 0. The van der Waals surface area contributed by atoms with E-state index >= 15 is 0 Å². The van der Waals surface area contributed by atoms with Crippen LogP contribution in [0.25, 0.3) is 0 Å². The highest BCUT2D eigenvalue weighted by Crippen LogP contribution is 2.10. The normalized spacial score (nSPS) is 11.5. The van der Waals surface area contributed by atoms with E-state index in [0.717, 1.165) is 12.1 Å². The van der Waals surface area contributed by atoms with Crippen LogP contribution < -0.4 is 5.32 Å². The number of halogens is 2. The van der Waals surface area contributed by atoms with E-state index in [-0.39, 0.29) is 24.8 Å². The molecule has 0 unspecified atom stereocenters. The van der Waals surface area contributed by atoms with Crippen molar-refractivity contribution in [3.63, 3.8) is 0 Å². The maximum absolute atomic E-state index is 13.4. The fraction of sp³-hybridized carbons (Fsp3) is 0.357. The molecule has 1 aromatic rings. The van der Waals surface area contributed by atoms with Gasteiger partial charge in [-0.1, -0.05) is 6.07 Å². The number of aliphatic carboxylic acids is 1. The van der Waals surface area contributed by atoms with Gasteiger partial charge in [0.15, 0.2) is 0 Å². The number of hydrogen-bond acceptors (Lipinski definition) is 3. The van der Waals surface area contributed by atoms with Crippen molar-refractivity contribution >= 4 is 11.9 Å². The van der Waals surface area contributed by atoms with Crippen molar-refractivity contribution in [3.8, 4) is 6.07 Å². The zero-order valence-electron chi connectivity index (χ0n) is 11.1. The zero-order valence-corrected chi connectivity index (χ0v) is 11.1. The zero-order chi connectivity index (χ0) is 15.8. The van der Waals surface area contributed by atoms with Crippen LogP contribution in [0.15, 0.2) is 18.2 Å². The maximum Gasteiger partial charge on any atom is 0.326 e. The van der Waals surface area contributed by atoms with Crippen LogP contribution in [0.5, 0.6) is 0 Å². The van der Waals surface area contributed by atoms with Gasteiger partial charge in [0.2, 0.25) is 5.91 Å². The number of unbranched alkanes of at least 4 members (excludes halogenated alkanes) is 1. The quantitative estimate of drug-likeness (QED) is 0.750. The Morgan fingerprint density at radius 3 is 2.67 bits per heavy atom. The van der Waals surface area contributed by atoms with E-state index < -0.39 is 29.6 Å². The number of carboxylic acids is 1. The molecule has 112 valence electrons. The summed E-state index contributed by atoms with van der Waals surface area (Å²) in [7, 11) is 0. The van der Waals surface area contributed by atoms with Crippen LogP contribution in [-0.4, -0.2) is 23.0 Å². The summed E-state index contributed by atoms with van der Waals surface area (Å²) in [5, 5.41) is 19.6. The van der Waals surface area contributed by atoms with Gasteiger partial charge in [-0.3, -0.25) is 4.79 Å². The molecular weight excluding hydrogens is 282 g/mol. The van der Waals surface area contributed by atoms with Gasteiger partial charge in [-0.15, -0.1) is 0 Å². The van der Waals surface area contributed by atoms with Crippen LogP contribution in [-0.2, 0) is 16.0 Å². The van der Waals surface area contributed by atoms with E-state index in [9.17, 15) is 18.4 Å². The molecule has 1 rings (SSSR count). The third kappa shape index (κ3) is 5.57. The highest BCUT2D eigenvalue weighted by Gasteiger charge is 2.20. The summed E-state index contributed by atoms with van der Waals surface area (Å²) in [6.45, 7) is 0. The molecule has 1 atom stereocenters. The summed E-state index contributed by atoms with van der Waals surface area (Å²) in [5.41, 5.74) is -0.0185. The van der Waals surface area contributed by atoms with Crippen molar-refractivity contribution in [2.75, 3.05) is 0 Å². The molecule has 0 aliphatic carbocycles. The fourth-order valence-electron chi connectivity index (χ4n) is 1.73. The molecule has 1 amide bonds. The summed E-state index contributed by atoms with van der Waals surface area (Å²) in [6.07, 6.45) is 0.250. The van der Waals surface area contributed by atoms with E-state index in [1.54, 1.807) is 0 Å². The van der Waals surface area contributed by atoms with Crippen molar-refractivity contribution in [3.05, 3.63) is 35.4 Å². The molecule has 0 aromatic heterocycles. The summed E-state index contributed by atoms with van der Waals surface area (Å²) < 4.78 is 26.1. The van der Waals surface area contributed by atoms with Gasteiger partial charge >= 0.3 is 5.97 Å². The highest BCUT2D eigenvalue weighted by atomic mass is 19.1. The molecule has 0 fully saturated rings. The fourth-order valence-corrected chi connectivity index (χ4v) is 1.73. The molecular formula is C14H14F2N2O3. The van der Waals surface area contributed by atoms with Crippen LogP contribution in [0.3, 0.4) is 0 Å². The van der Waals surface area contributed by atoms with Gasteiger partial charge in [0.1, 0.15) is 17.7 Å². The molecule has 0 bridgehead atoms. The Morgan fingerprint density at radius 1 is 1.38 bits per heavy atom. The first-order valence-electron chi connectivity index (χ1n) is 6.27. The van der Waals surface area contributed by atoms with E-state index in [4.69, 9.17) is 10.4 Å². The largest absolute Gasteiger partial charge is 0.480 e. The SMILES string of the molecule is N#CCCC[C@@H](NC(=O)Cc1ccc(F)cc1F)C(=O)O. The van der Waals surface area contributed by atoms with Crippen molar-refractivity contribution in [1.29, 1.82) is 5.26 Å². The van der Waals surface area contributed by atoms with E-state index in [1.165, 1.54) is 0 Å². The van der Waals surface area contributed by atoms with Crippen LogP contribution in [0.2, 0.25) is 0 Å². The first-order valence-corrected chi connectivity index (χ1v) is 6.27. The average molecular weight is 296 g/mol. The molecule has 0 saturated heterocycles. The van der Waals surface area contributed by atoms with Gasteiger partial charge in [0, 0.05) is 12.5 Å². The molecule has 7 heteroatoms. The van der Waals surface area contributed by atoms with Crippen molar-refractivity contribution < 1.29 is 23.5 Å². The van der Waals surface area contributed by atoms with Crippen molar-refractivity contribution in [1.82, 2.24) is 5.32 Å². The number of carbonyl (C=O) groups excluding carboxylic acids is 1. The third-order valence-corrected chi connectivity index (χ3v) is 2.78. The van der Waals surface area contributed by atoms with Gasteiger partial charge < -0.3 is 10.4 Å². The topological polar surface area (TPSA) is 90.2 Å². The number of carboxylic acid groups (broad SMARTS) is 1. The number of nitriles is 1. The van der Waals surface area contributed by atoms with Crippen LogP contribution in [0.4, 0.5) is 8.78 Å². The molecule has 0 heterocycles. The molecule has 2 N–H and O–H groups in total. The second-order valence-corrected chi connectivity index (χ2v) is 4.42. The number of nitrogens with zero attached hydrogens (tertiary/aromatic N) is 1. The van der Waals surface area contributed by atoms with Crippen LogP contribution in [0, 0.1) is 23.0 Å². The number of rotatable bonds is 7. The number of benzene rings is 1. The Balaban J connectivity index is 2.61. The predicted molar refractivity (Wildman–Crippen MR) is 69.1 cm³/mol. The van der Waals surface area contributed by atoms with E-state index in [1.807, 2.05) is 6.07 Å². The minimum atomic E-state index is -1.22. The molecule has 0 saturated carbocycles. The molecule has 0 radical (unpaired) electrons. The Morgan fingerprint density at radius 2 is 2.10 bits per heavy atom. The summed E-state index contributed by atoms with van der Waals surface area (Å²) in [5.74, 6) is -3.51. The lowest BCUT2D eigenvalue weighted by molar-refractivity contribution is -0.141. The molecule has 0 aliphatic rings. The third-order valence-electron chi connectivity index (χ3n) is 2.78. The van der Waals surface area contributed by atoms with Gasteiger partial charge in [0.05, 0.1) is 12.5 Å². The summed E-state index contributed by atoms with van der Waals surface area (Å²) in [6, 6.07) is 3.56. The standard InChI is InChI=1S/C14H14F2N2O3/c15-10-5-4-9(11(16)8-10)7-13(19)18-12(14(20)21)3-1-2-6-17/h4-5,8,12H,1-3,7H2,(H,18,19)(H,20,21)/t12-/m1/s1. The van der Waals surface area contributed by atoms with E-state index in [0.29, 0.717) is 12.5 Å². The summed E-state index contributed by atoms with van der Waals surface area (Å²) in [4.78, 5) is 22.7. The Labute approximate surface area is 120 Å². The van der Waals surface area contributed by atoms with Crippen LogP contribution >= 0.6 is 0 Å². The second kappa shape index (κ2) is 7.94. The molecule has 21 heavy (non-hydrogen) atoms. The predicted octanol–water partition coefficient (Wildman–Crippen LogP) is 1.77. The maximum atomic E-state index is 13.4. The Kier molecular flexibility index (Phi) is 6.27. The lowest BCUT2D eigenvalue weighted by Gasteiger charge is -2.14. The molecule has 5 nitrogen and oxygen atoms in total.